The van der Waals surface area contributed by atoms with Gasteiger partial charge in [0, 0.05) is 25.4 Å². The van der Waals surface area contributed by atoms with Crippen LogP contribution in [0.5, 0.6) is 0 Å². The summed E-state index contributed by atoms with van der Waals surface area (Å²) in [4.78, 5) is 4.29. The van der Waals surface area contributed by atoms with Gasteiger partial charge in [-0.1, -0.05) is 0 Å². The van der Waals surface area contributed by atoms with Crippen LogP contribution in [-0.2, 0) is 13.1 Å². The van der Waals surface area contributed by atoms with Crippen LogP contribution in [0.1, 0.15) is 32.0 Å². The summed E-state index contributed by atoms with van der Waals surface area (Å²) in [6.07, 6.45) is 12.1. The van der Waals surface area contributed by atoms with Gasteiger partial charge in [-0.15, -0.1) is 12.3 Å². The molecule has 1 N–H and O–H groups in total. The third-order valence-electron chi connectivity index (χ3n) is 2.35. The molecule has 0 aromatic carbocycles. The van der Waals surface area contributed by atoms with E-state index in [1.165, 1.54) is 0 Å². The molecule has 0 saturated carbocycles. The molecule has 1 heterocycles. The quantitative estimate of drug-likeness (QED) is 0.543. The molecule has 0 aliphatic heterocycles. The summed E-state index contributed by atoms with van der Waals surface area (Å²) in [6.45, 7) is 4.96. The van der Waals surface area contributed by atoms with Crippen LogP contribution in [-0.4, -0.2) is 16.1 Å². The molecule has 1 rings (SSSR count). The zero-order valence-electron chi connectivity index (χ0n) is 9.37. The number of nitrogens with zero attached hydrogens (tertiary/aromatic N) is 2. The van der Waals surface area contributed by atoms with Crippen molar-refractivity contribution in [2.75, 3.05) is 6.54 Å². The van der Waals surface area contributed by atoms with Gasteiger partial charge in [-0.05, 0) is 26.3 Å². The molecule has 0 aliphatic rings. The van der Waals surface area contributed by atoms with Gasteiger partial charge in [0.15, 0.2) is 0 Å². The monoisotopic (exact) mass is 205 g/mol. The van der Waals surface area contributed by atoms with E-state index in [0.717, 1.165) is 44.7 Å². The topological polar surface area (TPSA) is 29.9 Å². The number of hydrogen-bond donors (Lipinski definition) is 1. The minimum atomic E-state index is 0.844. The van der Waals surface area contributed by atoms with Gasteiger partial charge in [0.25, 0.3) is 0 Å². The van der Waals surface area contributed by atoms with E-state index in [9.17, 15) is 0 Å². The minimum absolute atomic E-state index is 0.844. The second kappa shape index (κ2) is 7.08. The number of aryl methyl sites for hydroxylation is 1. The molecular weight excluding hydrogens is 186 g/mol. The Kier molecular flexibility index (Phi) is 5.57. The van der Waals surface area contributed by atoms with Gasteiger partial charge in [-0.25, -0.2) is 4.98 Å². The molecule has 3 heteroatoms. The van der Waals surface area contributed by atoms with E-state index in [0.29, 0.717) is 0 Å². The summed E-state index contributed by atoms with van der Waals surface area (Å²) >= 11 is 0. The normalized spacial score (nSPS) is 10.1. The molecule has 0 fully saturated rings. The zero-order chi connectivity index (χ0) is 10.9. The molecule has 0 amide bonds. The average Bonchev–Trinajstić information content (AvgIpc) is 2.70. The molecule has 15 heavy (non-hydrogen) atoms. The van der Waals surface area contributed by atoms with Crippen molar-refractivity contribution >= 4 is 0 Å². The molecule has 0 spiro atoms. The Bertz CT molecular complexity index is 309. The molecule has 82 valence electrons. The van der Waals surface area contributed by atoms with Crippen molar-refractivity contribution in [3.63, 3.8) is 0 Å². The third-order valence-corrected chi connectivity index (χ3v) is 2.35. The van der Waals surface area contributed by atoms with Gasteiger partial charge >= 0.3 is 0 Å². The largest absolute Gasteiger partial charge is 0.334 e. The summed E-state index contributed by atoms with van der Waals surface area (Å²) in [5.41, 5.74) is 0. The Morgan fingerprint density at radius 1 is 1.53 bits per heavy atom. The maximum absolute atomic E-state index is 5.17. The highest BCUT2D eigenvalue weighted by molar-refractivity contribution is 4.91. The first-order valence-electron chi connectivity index (χ1n) is 5.52. The van der Waals surface area contributed by atoms with E-state index in [-0.39, 0.29) is 0 Å². The van der Waals surface area contributed by atoms with Crippen LogP contribution in [0.4, 0.5) is 0 Å². The predicted octanol–water partition coefficient (Wildman–Crippen LogP) is 1.80. The number of nitrogens with one attached hydrogen (secondary N) is 1. The first-order valence-corrected chi connectivity index (χ1v) is 5.52. The van der Waals surface area contributed by atoms with Gasteiger partial charge in [-0.3, -0.25) is 0 Å². The summed E-state index contributed by atoms with van der Waals surface area (Å²) < 4.78 is 2.15. The molecule has 0 bridgehead atoms. The Morgan fingerprint density at radius 3 is 3.13 bits per heavy atom. The first-order chi connectivity index (χ1) is 7.38. The fourth-order valence-electron chi connectivity index (χ4n) is 1.47. The molecule has 0 aliphatic carbocycles. The molecule has 0 saturated heterocycles. The SMILES string of the molecule is C#CCCCCNCc1nccn1CC. The van der Waals surface area contributed by atoms with Crippen LogP contribution >= 0.6 is 0 Å². The molecule has 1 aromatic rings. The highest BCUT2D eigenvalue weighted by Gasteiger charge is 1.99. The van der Waals surface area contributed by atoms with Crippen molar-refractivity contribution < 1.29 is 0 Å². The Morgan fingerprint density at radius 2 is 2.40 bits per heavy atom. The Balaban J connectivity index is 2.12. The van der Waals surface area contributed by atoms with E-state index < -0.39 is 0 Å². The standard InChI is InChI=1S/C12H19N3/c1-3-5-6-7-8-13-11-12-14-9-10-15(12)4-2/h1,9-10,13H,4-8,11H2,2H3. The van der Waals surface area contributed by atoms with Crippen LogP contribution in [0.3, 0.4) is 0 Å². The maximum atomic E-state index is 5.17. The second-order valence-corrected chi connectivity index (χ2v) is 3.47. The van der Waals surface area contributed by atoms with Crippen LogP contribution in [0.25, 0.3) is 0 Å². The van der Waals surface area contributed by atoms with Gasteiger partial charge in [0.1, 0.15) is 5.82 Å². The average molecular weight is 205 g/mol. The highest BCUT2D eigenvalue weighted by atomic mass is 15.1. The lowest BCUT2D eigenvalue weighted by molar-refractivity contribution is 0.587. The van der Waals surface area contributed by atoms with Gasteiger partial charge in [-0.2, -0.15) is 0 Å². The lowest BCUT2D eigenvalue weighted by Crippen LogP contribution is -2.17. The summed E-state index contributed by atoms with van der Waals surface area (Å²) in [5.74, 6) is 3.75. The summed E-state index contributed by atoms with van der Waals surface area (Å²) in [7, 11) is 0. The van der Waals surface area contributed by atoms with Crippen LogP contribution in [0.2, 0.25) is 0 Å². The van der Waals surface area contributed by atoms with E-state index in [2.05, 4.69) is 27.7 Å². The number of unbranched alkanes of at least 4 members (excludes halogenated alkanes) is 2. The number of hydrogen-bond acceptors (Lipinski definition) is 2. The first kappa shape index (κ1) is 11.8. The van der Waals surface area contributed by atoms with Crippen molar-refractivity contribution in [1.82, 2.24) is 14.9 Å². The second-order valence-electron chi connectivity index (χ2n) is 3.47. The van der Waals surface area contributed by atoms with Crippen LogP contribution in [0, 0.1) is 12.3 Å². The molecule has 0 atom stereocenters. The summed E-state index contributed by atoms with van der Waals surface area (Å²) in [6, 6.07) is 0. The third kappa shape index (κ3) is 4.18. The maximum Gasteiger partial charge on any atom is 0.122 e. The smallest absolute Gasteiger partial charge is 0.122 e. The minimum Gasteiger partial charge on any atom is -0.334 e. The zero-order valence-corrected chi connectivity index (χ0v) is 9.37. The van der Waals surface area contributed by atoms with E-state index in [1.54, 1.807) is 0 Å². The van der Waals surface area contributed by atoms with Crippen molar-refractivity contribution in [1.29, 1.82) is 0 Å². The van der Waals surface area contributed by atoms with E-state index in [4.69, 9.17) is 6.42 Å². The number of terminal acetylenes is 1. The Labute approximate surface area is 91.9 Å². The van der Waals surface area contributed by atoms with Gasteiger partial charge in [0.2, 0.25) is 0 Å². The molecule has 1 aromatic heterocycles. The highest BCUT2D eigenvalue weighted by Crippen LogP contribution is 1.97. The number of rotatable bonds is 7. The van der Waals surface area contributed by atoms with Crippen molar-refractivity contribution in [3.05, 3.63) is 18.2 Å². The summed E-state index contributed by atoms with van der Waals surface area (Å²) in [5, 5.41) is 3.37. The number of aromatic nitrogens is 2. The fourth-order valence-corrected chi connectivity index (χ4v) is 1.47. The van der Waals surface area contributed by atoms with Crippen LogP contribution in [0.15, 0.2) is 12.4 Å². The van der Waals surface area contributed by atoms with Crippen molar-refractivity contribution in [2.45, 2.75) is 39.3 Å². The lowest BCUT2D eigenvalue weighted by Gasteiger charge is -2.05. The molecule has 0 unspecified atom stereocenters. The van der Waals surface area contributed by atoms with Gasteiger partial charge < -0.3 is 9.88 Å². The predicted molar refractivity (Wildman–Crippen MR) is 62.3 cm³/mol. The number of imidazole rings is 1. The van der Waals surface area contributed by atoms with Crippen LogP contribution < -0.4 is 5.32 Å². The lowest BCUT2D eigenvalue weighted by atomic mass is 10.2. The fraction of sp³-hybridized carbons (Fsp3) is 0.583. The molecular formula is C12H19N3. The molecule has 0 radical (unpaired) electrons. The van der Waals surface area contributed by atoms with Crippen molar-refractivity contribution in [2.24, 2.45) is 0 Å². The van der Waals surface area contributed by atoms with Crippen molar-refractivity contribution in [3.8, 4) is 12.3 Å². The van der Waals surface area contributed by atoms with E-state index >= 15 is 0 Å². The van der Waals surface area contributed by atoms with Gasteiger partial charge in [0.05, 0.1) is 6.54 Å². The molecule has 3 nitrogen and oxygen atoms in total. The van der Waals surface area contributed by atoms with E-state index in [1.807, 2.05) is 12.4 Å². The Hall–Kier alpha value is -1.27.